The molecule has 2 aliphatic heterocycles. The number of carbonyl (C=O) groups is 3. The van der Waals surface area contributed by atoms with Crippen LogP contribution in [0.4, 0.5) is 4.79 Å². The summed E-state index contributed by atoms with van der Waals surface area (Å²) in [6.45, 7) is 1.68. The van der Waals surface area contributed by atoms with Crippen molar-refractivity contribution in [2.24, 2.45) is 16.5 Å². The Balaban J connectivity index is 1.37. The Morgan fingerprint density at radius 2 is 2.03 bits per heavy atom. The molecule has 2 aliphatic rings. The van der Waals surface area contributed by atoms with Gasteiger partial charge >= 0.3 is 6.03 Å². The maximum Gasteiger partial charge on any atom is 0.321 e. The van der Waals surface area contributed by atoms with Crippen molar-refractivity contribution in [3.63, 3.8) is 0 Å². The average Bonchev–Trinajstić information content (AvgIpc) is 3.58. The zero-order chi connectivity index (χ0) is 26.2. The molecule has 0 saturated carbocycles. The molecule has 37 heavy (non-hydrogen) atoms. The molecule has 0 bridgehead atoms. The van der Waals surface area contributed by atoms with E-state index in [1.807, 2.05) is 23.1 Å². The Hall–Kier alpha value is -3.12. The van der Waals surface area contributed by atoms with Crippen molar-refractivity contribution >= 4 is 46.8 Å². The summed E-state index contributed by atoms with van der Waals surface area (Å²) in [7, 11) is 0. The van der Waals surface area contributed by atoms with Crippen molar-refractivity contribution in [3.05, 3.63) is 52.5 Å². The van der Waals surface area contributed by atoms with Crippen LogP contribution in [0.2, 0.25) is 0 Å². The fourth-order valence-electron chi connectivity index (χ4n) is 4.63. The van der Waals surface area contributed by atoms with Crippen LogP contribution in [-0.4, -0.2) is 81.3 Å². The monoisotopic (exact) mass is 543 g/mol. The van der Waals surface area contributed by atoms with Crippen LogP contribution in [0, 0.1) is 0 Å². The lowest BCUT2D eigenvalue weighted by Crippen LogP contribution is -2.59. The minimum absolute atomic E-state index is 0.0159. The Labute approximate surface area is 224 Å². The molecule has 3 atom stereocenters. The van der Waals surface area contributed by atoms with Crippen LogP contribution in [0.25, 0.3) is 0 Å². The number of aromatic nitrogens is 1. The van der Waals surface area contributed by atoms with Gasteiger partial charge in [0.1, 0.15) is 6.04 Å². The fourth-order valence-corrected chi connectivity index (χ4v) is 6.65. The molecule has 4 rings (SSSR count). The van der Waals surface area contributed by atoms with Crippen LogP contribution >= 0.6 is 23.1 Å². The summed E-state index contributed by atoms with van der Waals surface area (Å²) >= 11 is 2.86. The lowest BCUT2D eigenvalue weighted by atomic mass is 10.1. The van der Waals surface area contributed by atoms with E-state index in [4.69, 9.17) is 11.5 Å². The Kier molecular flexibility index (Phi) is 9.40. The lowest BCUT2D eigenvalue weighted by Gasteiger charge is -2.39. The highest BCUT2D eigenvalue weighted by atomic mass is 32.2. The van der Waals surface area contributed by atoms with E-state index in [2.05, 4.69) is 27.4 Å². The summed E-state index contributed by atoms with van der Waals surface area (Å²) in [4.78, 5) is 51.5. The van der Waals surface area contributed by atoms with Gasteiger partial charge in [-0.15, -0.1) is 23.1 Å². The number of hydrogen-bond donors (Lipinski definition) is 3. The third-order valence-electron chi connectivity index (χ3n) is 6.49. The first-order valence-electron chi connectivity index (χ1n) is 12.5. The van der Waals surface area contributed by atoms with Crippen LogP contribution in [0.3, 0.4) is 0 Å². The number of nitrogens with zero attached hydrogens (tertiary/aromatic N) is 4. The Bertz CT molecular complexity index is 1090. The number of Topliss-reactive ketones (excluding diaryl/α,β-unsaturated/α-hetero) is 1. The van der Waals surface area contributed by atoms with Gasteiger partial charge in [-0.1, -0.05) is 30.3 Å². The fraction of sp³-hybridized carbons (Fsp3) is 0.480. The van der Waals surface area contributed by atoms with E-state index >= 15 is 0 Å². The van der Waals surface area contributed by atoms with Crippen molar-refractivity contribution in [2.45, 2.75) is 49.6 Å². The average molecular weight is 544 g/mol. The van der Waals surface area contributed by atoms with E-state index in [9.17, 15) is 14.4 Å². The van der Waals surface area contributed by atoms with Crippen LogP contribution < -0.4 is 16.8 Å². The predicted molar refractivity (Wildman–Crippen MR) is 147 cm³/mol. The number of nitrogens with one attached hydrogen (secondary N) is 1. The molecule has 3 heterocycles. The molecule has 5 N–H and O–H groups in total. The van der Waals surface area contributed by atoms with Gasteiger partial charge in [-0.2, -0.15) is 0 Å². The molecule has 1 aromatic carbocycles. The van der Waals surface area contributed by atoms with Crippen molar-refractivity contribution in [3.8, 4) is 0 Å². The zero-order valence-electron chi connectivity index (χ0n) is 20.6. The second kappa shape index (κ2) is 12.9. The van der Waals surface area contributed by atoms with E-state index in [1.54, 1.807) is 28.2 Å². The number of hydrogen-bond acceptors (Lipinski definition) is 7. The molecule has 3 unspecified atom stereocenters. The number of aliphatic imine (C=N–C) groups is 1. The SMILES string of the molecule is NC(N)=NCCCC(NC(=O)C1CSC2CCN(CCCc3ccccc3)C(=O)N21)C(=O)c1nccs1. The maximum atomic E-state index is 13.4. The smallest absolute Gasteiger partial charge is 0.321 e. The van der Waals surface area contributed by atoms with Gasteiger partial charge in [0.05, 0.1) is 11.4 Å². The van der Waals surface area contributed by atoms with Crippen molar-refractivity contribution in [1.82, 2.24) is 20.1 Å². The van der Waals surface area contributed by atoms with E-state index < -0.39 is 12.1 Å². The first-order valence-corrected chi connectivity index (χ1v) is 14.4. The zero-order valence-corrected chi connectivity index (χ0v) is 22.3. The van der Waals surface area contributed by atoms with Gasteiger partial charge in [-0.05, 0) is 37.7 Å². The summed E-state index contributed by atoms with van der Waals surface area (Å²) in [6, 6.07) is 8.72. The number of aryl methyl sites for hydroxylation is 1. The van der Waals surface area contributed by atoms with Gasteiger partial charge in [-0.3, -0.25) is 19.5 Å². The van der Waals surface area contributed by atoms with Crippen LogP contribution in [0.1, 0.15) is 41.0 Å². The predicted octanol–water partition coefficient (Wildman–Crippen LogP) is 2.07. The Morgan fingerprint density at radius 3 is 2.76 bits per heavy atom. The third-order valence-corrected chi connectivity index (χ3v) is 8.63. The number of rotatable bonds is 12. The van der Waals surface area contributed by atoms with E-state index in [-0.39, 0.29) is 29.1 Å². The molecule has 12 heteroatoms. The molecular formula is C25H33N7O3S2. The molecule has 2 fully saturated rings. The second-order valence-corrected chi connectivity index (χ2v) is 11.2. The minimum atomic E-state index is -0.765. The van der Waals surface area contributed by atoms with E-state index in [1.165, 1.54) is 16.9 Å². The van der Waals surface area contributed by atoms with Crippen LogP contribution in [0.15, 0.2) is 46.9 Å². The largest absolute Gasteiger partial charge is 0.370 e. The molecule has 198 valence electrons. The van der Waals surface area contributed by atoms with Gasteiger partial charge in [0.15, 0.2) is 11.0 Å². The summed E-state index contributed by atoms with van der Waals surface area (Å²) in [5.74, 6) is -0.0708. The van der Waals surface area contributed by atoms with Crippen LogP contribution in [0.5, 0.6) is 0 Å². The molecule has 1 aromatic heterocycles. The van der Waals surface area contributed by atoms with Crippen molar-refractivity contribution in [2.75, 3.05) is 25.4 Å². The highest BCUT2D eigenvalue weighted by molar-refractivity contribution is 8.00. The standard InChI is InChI=1S/C25H33N7O3S2/c26-24(27)29-11-4-9-18(21(33)23-28-12-15-36-23)30-22(34)19-16-37-20-10-14-31(25(35)32(19)20)13-5-8-17-6-2-1-3-7-17/h1-3,6-7,12,15,18-20H,4-5,8-11,13-14,16H2,(H,30,34)(H4,26,27,29). The first kappa shape index (κ1) is 26.9. The number of amides is 3. The molecular weight excluding hydrogens is 510 g/mol. The molecule has 0 radical (unpaired) electrons. The van der Waals surface area contributed by atoms with Crippen molar-refractivity contribution in [1.29, 1.82) is 0 Å². The summed E-state index contributed by atoms with van der Waals surface area (Å²) in [5.41, 5.74) is 12.0. The number of ketones is 1. The highest BCUT2D eigenvalue weighted by Gasteiger charge is 2.46. The second-order valence-electron chi connectivity index (χ2n) is 9.07. The van der Waals surface area contributed by atoms with Gasteiger partial charge in [-0.25, -0.2) is 9.78 Å². The molecule has 0 spiro atoms. The molecule has 2 aromatic rings. The maximum absolute atomic E-state index is 13.4. The van der Waals surface area contributed by atoms with Gasteiger partial charge in [0.2, 0.25) is 11.7 Å². The number of carbonyl (C=O) groups excluding carboxylic acids is 3. The summed E-state index contributed by atoms with van der Waals surface area (Å²) in [6.07, 6.45) is 5.01. The quantitative estimate of drug-likeness (QED) is 0.161. The molecule has 3 amide bonds. The first-order chi connectivity index (χ1) is 17.9. The molecule has 0 aliphatic carbocycles. The third kappa shape index (κ3) is 7.01. The lowest BCUT2D eigenvalue weighted by molar-refractivity contribution is -0.125. The Morgan fingerprint density at radius 1 is 1.22 bits per heavy atom. The van der Waals surface area contributed by atoms with E-state index in [0.717, 1.165) is 19.3 Å². The number of nitrogens with two attached hydrogens (primary N) is 2. The molecule has 2 saturated heterocycles. The van der Waals surface area contributed by atoms with Crippen molar-refractivity contribution < 1.29 is 14.4 Å². The number of thioether (sulfide) groups is 1. The number of urea groups is 1. The topological polar surface area (TPSA) is 147 Å². The van der Waals surface area contributed by atoms with E-state index in [0.29, 0.717) is 43.2 Å². The van der Waals surface area contributed by atoms with Gasteiger partial charge in [0, 0.05) is 37.0 Å². The minimum Gasteiger partial charge on any atom is -0.370 e. The van der Waals surface area contributed by atoms with Gasteiger partial charge in [0.25, 0.3) is 0 Å². The number of thiazole rings is 1. The summed E-state index contributed by atoms with van der Waals surface area (Å²) < 4.78 is 0. The number of guanidine groups is 1. The van der Waals surface area contributed by atoms with Crippen LogP contribution in [-0.2, 0) is 11.2 Å². The number of benzene rings is 1. The highest BCUT2D eigenvalue weighted by Crippen LogP contribution is 2.35. The summed E-state index contributed by atoms with van der Waals surface area (Å²) in [5, 5.41) is 4.95. The molecule has 10 nitrogen and oxygen atoms in total. The normalized spacial score (nSPS) is 19.8. The number of fused-ring (bicyclic) bond motifs is 1. The van der Waals surface area contributed by atoms with Gasteiger partial charge < -0.3 is 21.7 Å².